The molecule has 0 aromatic heterocycles. The van der Waals surface area contributed by atoms with Gasteiger partial charge in [0.2, 0.25) is 0 Å². The molecule has 0 spiro atoms. The maximum Gasteiger partial charge on any atom is 0.423 e. The minimum absolute atomic E-state index is 0.190. The van der Waals surface area contributed by atoms with E-state index in [9.17, 15) is 23.3 Å². The van der Waals surface area contributed by atoms with Crippen LogP contribution in [0.25, 0.3) is 0 Å². The van der Waals surface area contributed by atoms with Gasteiger partial charge in [0.1, 0.15) is 5.56 Å². The fraction of sp³-hybridized carbons (Fsp3) is 0.333. The maximum absolute atomic E-state index is 12.5. The number of hydrogen-bond donors (Lipinski definition) is 1. The molecule has 0 bridgehead atoms. The van der Waals surface area contributed by atoms with Gasteiger partial charge in [-0.05, 0) is 24.6 Å². The van der Waals surface area contributed by atoms with Crippen LogP contribution in [0.4, 0.5) is 18.9 Å². The van der Waals surface area contributed by atoms with Crippen molar-refractivity contribution in [2.24, 2.45) is 5.73 Å². The summed E-state index contributed by atoms with van der Waals surface area (Å²) in [6.07, 6.45) is -4.48. The Morgan fingerprint density at radius 1 is 1.38 bits per heavy atom. The Morgan fingerprint density at radius 3 is 2.44 bits per heavy atom. The quantitative estimate of drug-likeness (QED) is 0.643. The van der Waals surface area contributed by atoms with Gasteiger partial charge in [-0.1, -0.05) is 6.07 Å². The van der Waals surface area contributed by atoms with Crippen LogP contribution in [0.15, 0.2) is 18.2 Å². The average Bonchev–Trinajstić information content (AvgIpc) is 2.16. The summed E-state index contributed by atoms with van der Waals surface area (Å²) in [4.78, 5) is 9.37. The Kier molecular flexibility index (Phi) is 3.48. The third kappa shape index (κ3) is 2.69. The second kappa shape index (κ2) is 4.48. The predicted octanol–water partition coefficient (Wildman–Crippen LogP) is 2.11. The Labute approximate surface area is 89.0 Å². The summed E-state index contributed by atoms with van der Waals surface area (Å²) in [5, 5.41) is 10.4. The Hall–Kier alpha value is -1.63. The zero-order chi connectivity index (χ0) is 12.3. The highest BCUT2D eigenvalue weighted by molar-refractivity contribution is 5.44. The Bertz CT molecular complexity index is 404. The molecule has 0 unspecified atom stereocenters. The number of hydrogen-bond acceptors (Lipinski definition) is 3. The van der Waals surface area contributed by atoms with Crippen molar-refractivity contribution >= 4 is 5.69 Å². The van der Waals surface area contributed by atoms with E-state index in [2.05, 4.69) is 0 Å². The monoisotopic (exact) mass is 234 g/mol. The van der Waals surface area contributed by atoms with Gasteiger partial charge in [-0.3, -0.25) is 10.1 Å². The Balaban J connectivity index is 3.27. The largest absolute Gasteiger partial charge is 0.423 e. The van der Waals surface area contributed by atoms with Crippen molar-refractivity contribution in [1.29, 1.82) is 0 Å². The van der Waals surface area contributed by atoms with Crippen LogP contribution in [-0.4, -0.2) is 11.5 Å². The lowest BCUT2D eigenvalue weighted by molar-refractivity contribution is -0.388. The molecule has 0 aliphatic heterocycles. The smallest absolute Gasteiger partial charge is 0.330 e. The van der Waals surface area contributed by atoms with Gasteiger partial charge in [-0.15, -0.1) is 0 Å². The number of halogens is 3. The van der Waals surface area contributed by atoms with Crippen molar-refractivity contribution in [3.05, 3.63) is 39.4 Å². The molecule has 0 aliphatic rings. The van der Waals surface area contributed by atoms with Crippen molar-refractivity contribution < 1.29 is 18.1 Å². The fourth-order valence-corrected chi connectivity index (χ4v) is 1.29. The fourth-order valence-electron chi connectivity index (χ4n) is 1.29. The van der Waals surface area contributed by atoms with E-state index in [1.165, 1.54) is 6.07 Å². The molecule has 1 aromatic carbocycles. The molecule has 2 N–H and O–H groups in total. The maximum atomic E-state index is 12.5. The van der Waals surface area contributed by atoms with Crippen LogP contribution in [0.3, 0.4) is 0 Å². The first-order chi connectivity index (χ1) is 7.36. The van der Waals surface area contributed by atoms with Crippen LogP contribution in [0.5, 0.6) is 0 Å². The van der Waals surface area contributed by atoms with E-state index < -0.39 is 22.4 Å². The molecule has 0 saturated carbocycles. The van der Waals surface area contributed by atoms with Crippen molar-refractivity contribution in [2.45, 2.75) is 12.6 Å². The SMILES string of the molecule is NCCc1ccc([N+](=O)[O-])c(C(F)(F)F)c1. The van der Waals surface area contributed by atoms with E-state index in [0.717, 1.165) is 12.1 Å². The second-order valence-electron chi connectivity index (χ2n) is 3.15. The lowest BCUT2D eigenvalue weighted by atomic mass is 10.1. The number of benzene rings is 1. The van der Waals surface area contributed by atoms with Crippen LogP contribution in [0, 0.1) is 10.1 Å². The second-order valence-corrected chi connectivity index (χ2v) is 3.15. The molecular formula is C9H9F3N2O2. The molecule has 16 heavy (non-hydrogen) atoms. The van der Waals surface area contributed by atoms with E-state index >= 15 is 0 Å². The van der Waals surface area contributed by atoms with E-state index in [-0.39, 0.29) is 13.0 Å². The summed E-state index contributed by atoms with van der Waals surface area (Å²) in [6, 6.07) is 2.90. The van der Waals surface area contributed by atoms with Gasteiger partial charge in [0, 0.05) is 6.07 Å². The van der Waals surface area contributed by atoms with Crippen LogP contribution in [0.2, 0.25) is 0 Å². The minimum Gasteiger partial charge on any atom is -0.330 e. The van der Waals surface area contributed by atoms with Gasteiger partial charge in [-0.2, -0.15) is 13.2 Å². The highest BCUT2D eigenvalue weighted by Gasteiger charge is 2.38. The lowest BCUT2D eigenvalue weighted by Crippen LogP contribution is -2.11. The summed E-state index contributed by atoms with van der Waals surface area (Å²) in [5.74, 6) is 0. The first kappa shape index (κ1) is 12.4. The average molecular weight is 234 g/mol. The zero-order valence-electron chi connectivity index (χ0n) is 8.12. The number of nitro groups is 1. The number of rotatable bonds is 3. The van der Waals surface area contributed by atoms with E-state index in [1.807, 2.05) is 0 Å². The standard InChI is InChI=1S/C9H9F3N2O2/c10-9(11,12)7-5-6(3-4-13)1-2-8(7)14(15)16/h1-2,5H,3-4,13H2. The molecule has 88 valence electrons. The van der Waals surface area contributed by atoms with E-state index in [4.69, 9.17) is 5.73 Å². The lowest BCUT2D eigenvalue weighted by Gasteiger charge is -2.09. The molecule has 0 fully saturated rings. The van der Waals surface area contributed by atoms with Crippen molar-refractivity contribution in [1.82, 2.24) is 0 Å². The molecule has 0 heterocycles. The highest BCUT2D eigenvalue weighted by atomic mass is 19.4. The van der Waals surface area contributed by atoms with E-state index in [0.29, 0.717) is 5.56 Å². The number of nitro benzene ring substituents is 1. The minimum atomic E-state index is -4.73. The van der Waals surface area contributed by atoms with Gasteiger partial charge < -0.3 is 5.73 Å². The first-order valence-corrected chi connectivity index (χ1v) is 4.41. The molecule has 1 aromatic rings. The normalized spacial score (nSPS) is 11.5. The summed E-state index contributed by atoms with van der Waals surface area (Å²) in [7, 11) is 0. The van der Waals surface area contributed by atoms with Gasteiger partial charge >= 0.3 is 6.18 Å². The third-order valence-electron chi connectivity index (χ3n) is 2.00. The molecule has 0 aliphatic carbocycles. The number of nitrogens with two attached hydrogens (primary N) is 1. The first-order valence-electron chi connectivity index (χ1n) is 4.41. The molecule has 0 atom stereocenters. The molecular weight excluding hydrogens is 225 g/mol. The summed E-state index contributed by atoms with van der Waals surface area (Å²) >= 11 is 0. The van der Waals surface area contributed by atoms with Crippen LogP contribution < -0.4 is 5.73 Å². The van der Waals surface area contributed by atoms with Crippen molar-refractivity contribution in [3.63, 3.8) is 0 Å². The predicted molar refractivity (Wildman–Crippen MR) is 50.9 cm³/mol. The van der Waals surface area contributed by atoms with Gasteiger partial charge in [-0.25, -0.2) is 0 Å². The summed E-state index contributed by atoms with van der Waals surface area (Å²) in [5.41, 5.74) is 3.37. The molecule has 1 rings (SSSR count). The highest BCUT2D eigenvalue weighted by Crippen LogP contribution is 2.36. The topological polar surface area (TPSA) is 69.2 Å². The molecule has 0 amide bonds. The number of alkyl halides is 3. The van der Waals surface area contributed by atoms with Crippen LogP contribution >= 0.6 is 0 Å². The van der Waals surface area contributed by atoms with Crippen LogP contribution in [0.1, 0.15) is 11.1 Å². The van der Waals surface area contributed by atoms with E-state index in [1.54, 1.807) is 0 Å². The molecule has 4 nitrogen and oxygen atoms in total. The van der Waals surface area contributed by atoms with Crippen LogP contribution in [-0.2, 0) is 12.6 Å². The zero-order valence-corrected chi connectivity index (χ0v) is 8.12. The number of nitrogens with zero attached hydrogens (tertiary/aromatic N) is 1. The van der Waals surface area contributed by atoms with Gasteiger partial charge in [0.25, 0.3) is 5.69 Å². The summed E-state index contributed by atoms with van der Waals surface area (Å²) in [6.45, 7) is 0.190. The summed E-state index contributed by atoms with van der Waals surface area (Å²) < 4.78 is 37.5. The van der Waals surface area contributed by atoms with Gasteiger partial charge in [0.05, 0.1) is 4.92 Å². The molecule has 0 saturated heterocycles. The third-order valence-corrected chi connectivity index (χ3v) is 2.00. The molecule has 0 radical (unpaired) electrons. The molecule has 7 heteroatoms. The van der Waals surface area contributed by atoms with Crippen molar-refractivity contribution in [3.8, 4) is 0 Å². The Morgan fingerprint density at radius 2 is 2.00 bits per heavy atom. The van der Waals surface area contributed by atoms with Crippen molar-refractivity contribution in [2.75, 3.05) is 6.54 Å². The van der Waals surface area contributed by atoms with Gasteiger partial charge in [0.15, 0.2) is 0 Å².